The summed E-state index contributed by atoms with van der Waals surface area (Å²) in [6.45, 7) is 9.27. The van der Waals surface area contributed by atoms with Crippen LogP contribution in [0.2, 0.25) is 0 Å². The molecule has 1 fully saturated rings. The number of nitrogens with zero attached hydrogens (tertiary/aromatic N) is 3. The van der Waals surface area contributed by atoms with Gasteiger partial charge in [-0.2, -0.15) is 0 Å². The summed E-state index contributed by atoms with van der Waals surface area (Å²) in [6, 6.07) is 0. The molecule has 2 aromatic heterocycles. The molecule has 6 heteroatoms. The van der Waals surface area contributed by atoms with Crippen LogP contribution in [0.5, 0.6) is 0 Å². The molecular weight excluding hydrogens is 298 g/mol. The molecule has 2 aromatic rings. The third kappa shape index (κ3) is 3.28. The Bertz CT molecular complexity index is 669. The molecule has 0 aliphatic carbocycles. The molecule has 1 aliphatic heterocycles. The summed E-state index contributed by atoms with van der Waals surface area (Å²) in [5, 5.41) is 11.4. The first-order chi connectivity index (χ1) is 10.4. The van der Waals surface area contributed by atoms with Gasteiger partial charge in [-0.15, -0.1) is 21.5 Å². The Hall–Kier alpha value is -1.53. The summed E-state index contributed by atoms with van der Waals surface area (Å²) in [5.41, 5.74) is 0.975. The Morgan fingerprint density at radius 1 is 1.27 bits per heavy atom. The number of ether oxygens (including phenoxy) is 1. The number of aromatic nitrogens is 3. The molecule has 0 amide bonds. The summed E-state index contributed by atoms with van der Waals surface area (Å²) in [4.78, 5) is 4.38. The molecule has 1 saturated heterocycles. The third-order valence-electron chi connectivity index (χ3n) is 3.75. The maximum Gasteiger partial charge on any atom is 0.240 e. The van der Waals surface area contributed by atoms with Gasteiger partial charge in [0, 0.05) is 18.1 Å². The third-order valence-corrected chi connectivity index (χ3v) is 4.54. The van der Waals surface area contributed by atoms with E-state index in [1.807, 2.05) is 24.5 Å². The van der Waals surface area contributed by atoms with Crippen molar-refractivity contribution >= 4 is 23.5 Å². The number of hydrogen-bond donors (Lipinski definition) is 0. The van der Waals surface area contributed by atoms with E-state index in [9.17, 15) is 0 Å². The van der Waals surface area contributed by atoms with Crippen LogP contribution in [0, 0.1) is 12.3 Å². The van der Waals surface area contributed by atoms with Crippen molar-refractivity contribution in [3.8, 4) is 0 Å². The zero-order valence-electron chi connectivity index (χ0n) is 13.4. The van der Waals surface area contributed by atoms with Gasteiger partial charge < -0.3 is 9.15 Å². The largest absolute Gasteiger partial charge is 0.421 e. The lowest BCUT2D eigenvalue weighted by Gasteiger charge is -2.29. The summed E-state index contributed by atoms with van der Waals surface area (Å²) in [7, 11) is 0. The molecule has 0 radical (unpaired) electrons. The van der Waals surface area contributed by atoms with Crippen LogP contribution in [-0.2, 0) is 4.74 Å². The molecule has 3 rings (SSSR count). The van der Waals surface area contributed by atoms with Crippen molar-refractivity contribution in [2.24, 2.45) is 5.41 Å². The van der Waals surface area contributed by atoms with Crippen molar-refractivity contribution in [3.63, 3.8) is 0 Å². The molecule has 0 aromatic carbocycles. The van der Waals surface area contributed by atoms with Crippen LogP contribution in [0.25, 0.3) is 12.2 Å². The molecule has 0 unspecified atom stereocenters. The minimum Gasteiger partial charge on any atom is -0.421 e. The Labute approximate surface area is 134 Å². The maximum atomic E-state index is 5.87. The average molecular weight is 319 g/mol. The second kappa shape index (κ2) is 5.93. The highest BCUT2D eigenvalue weighted by Gasteiger charge is 2.40. The molecular formula is C16H21N3O2S. The Kier molecular flexibility index (Phi) is 4.14. The molecule has 3 heterocycles. The smallest absolute Gasteiger partial charge is 0.240 e. The summed E-state index contributed by atoms with van der Waals surface area (Å²) in [6.07, 6.45) is 4.75. The molecule has 118 valence electrons. The van der Waals surface area contributed by atoms with Crippen molar-refractivity contribution in [3.05, 3.63) is 27.9 Å². The van der Waals surface area contributed by atoms with Crippen LogP contribution in [0.1, 0.15) is 55.6 Å². The predicted molar refractivity (Wildman–Crippen MR) is 86.6 cm³/mol. The maximum absolute atomic E-state index is 5.87. The van der Waals surface area contributed by atoms with E-state index >= 15 is 0 Å². The minimum absolute atomic E-state index is 0.0593. The molecule has 0 spiro atoms. The lowest BCUT2D eigenvalue weighted by molar-refractivity contribution is 0.0171. The van der Waals surface area contributed by atoms with E-state index in [-0.39, 0.29) is 17.4 Å². The summed E-state index contributed by atoms with van der Waals surface area (Å²) in [5.74, 6) is 1.36. The second-order valence-corrected chi connectivity index (χ2v) is 7.72. The van der Waals surface area contributed by atoms with Gasteiger partial charge in [0.25, 0.3) is 0 Å². The van der Waals surface area contributed by atoms with E-state index in [2.05, 4.69) is 36.0 Å². The molecule has 0 N–H and O–H groups in total. The van der Waals surface area contributed by atoms with E-state index in [1.54, 1.807) is 11.3 Å². The van der Waals surface area contributed by atoms with Crippen LogP contribution < -0.4 is 0 Å². The fourth-order valence-corrected chi connectivity index (χ4v) is 3.35. The topological polar surface area (TPSA) is 61.0 Å². The van der Waals surface area contributed by atoms with Crippen molar-refractivity contribution in [1.82, 2.24) is 15.2 Å². The quantitative estimate of drug-likeness (QED) is 0.858. The Morgan fingerprint density at radius 3 is 2.77 bits per heavy atom. The highest BCUT2D eigenvalue weighted by Crippen LogP contribution is 2.40. The zero-order chi connectivity index (χ0) is 15.7. The van der Waals surface area contributed by atoms with Crippen molar-refractivity contribution < 1.29 is 9.15 Å². The number of rotatable bonds is 3. The van der Waals surface area contributed by atoms with Crippen LogP contribution in [-0.4, -0.2) is 27.9 Å². The monoisotopic (exact) mass is 319 g/mol. The highest BCUT2D eigenvalue weighted by molar-refractivity contribution is 7.09. The lowest BCUT2D eigenvalue weighted by Crippen LogP contribution is -2.30. The van der Waals surface area contributed by atoms with E-state index in [1.165, 1.54) is 0 Å². The lowest BCUT2D eigenvalue weighted by atomic mass is 9.81. The molecule has 2 atom stereocenters. The van der Waals surface area contributed by atoms with E-state index in [4.69, 9.17) is 9.15 Å². The fraction of sp³-hybridized carbons (Fsp3) is 0.562. The number of aryl methyl sites for hydroxylation is 1. The van der Waals surface area contributed by atoms with Gasteiger partial charge in [0.2, 0.25) is 11.8 Å². The van der Waals surface area contributed by atoms with Gasteiger partial charge in [0.1, 0.15) is 0 Å². The van der Waals surface area contributed by atoms with Gasteiger partial charge in [-0.1, -0.05) is 20.8 Å². The van der Waals surface area contributed by atoms with E-state index in [0.29, 0.717) is 11.8 Å². The van der Waals surface area contributed by atoms with Gasteiger partial charge in [-0.05, 0) is 24.8 Å². The van der Waals surface area contributed by atoms with Crippen LogP contribution in [0.3, 0.4) is 0 Å². The van der Waals surface area contributed by atoms with Gasteiger partial charge in [-0.3, -0.25) is 0 Å². The van der Waals surface area contributed by atoms with Crippen LogP contribution in [0.15, 0.2) is 9.80 Å². The molecule has 0 saturated carbocycles. The predicted octanol–water partition coefficient (Wildman–Crippen LogP) is 3.92. The Morgan fingerprint density at radius 2 is 2.09 bits per heavy atom. The van der Waals surface area contributed by atoms with Gasteiger partial charge in [0.05, 0.1) is 22.7 Å². The first-order valence-electron chi connectivity index (χ1n) is 7.49. The molecule has 0 bridgehead atoms. The fourth-order valence-electron chi connectivity index (χ4n) is 2.77. The first kappa shape index (κ1) is 15.4. The first-order valence-corrected chi connectivity index (χ1v) is 8.36. The summed E-state index contributed by atoms with van der Waals surface area (Å²) >= 11 is 1.62. The highest BCUT2D eigenvalue weighted by atomic mass is 32.1. The minimum atomic E-state index is 0.0593. The van der Waals surface area contributed by atoms with Crippen LogP contribution >= 0.6 is 11.3 Å². The molecule has 22 heavy (non-hydrogen) atoms. The van der Waals surface area contributed by atoms with Gasteiger partial charge >= 0.3 is 0 Å². The van der Waals surface area contributed by atoms with Crippen molar-refractivity contribution in [2.75, 3.05) is 6.61 Å². The van der Waals surface area contributed by atoms with Crippen LogP contribution in [0.4, 0.5) is 0 Å². The number of thiazole rings is 1. The zero-order valence-corrected chi connectivity index (χ0v) is 14.2. The van der Waals surface area contributed by atoms with E-state index < -0.39 is 0 Å². The second-order valence-electron chi connectivity index (χ2n) is 6.66. The SMILES string of the molecule is Cc1nc(/C=C/c2nnc([C@H]3CCO[C@@H]3C(C)(C)C)o2)cs1. The Balaban J connectivity index is 1.75. The van der Waals surface area contributed by atoms with Crippen molar-refractivity contribution in [1.29, 1.82) is 0 Å². The van der Waals surface area contributed by atoms with Gasteiger partial charge in [0.15, 0.2) is 0 Å². The average Bonchev–Trinajstić information content (AvgIpc) is 3.15. The van der Waals surface area contributed by atoms with Gasteiger partial charge in [-0.25, -0.2) is 4.98 Å². The van der Waals surface area contributed by atoms with Crippen molar-refractivity contribution in [2.45, 2.75) is 46.1 Å². The normalized spacial score (nSPS) is 22.7. The number of hydrogen-bond acceptors (Lipinski definition) is 6. The molecule has 1 aliphatic rings. The molecule has 5 nitrogen and oxygen atoms in total. The summed E-state index contributed by atoms with van der Waals surface area (Å²) < 4.78 is 11.7. The standard InChI is InChI=1S/C16H21N3O2S/c1-10-17-11(9-22-10)5-6-13-18-19-15(21-13)12-7-8-20-14(12)16(2,3)4/h5-6,9,12,14H,7-8H2,1-4H3/b6-5+/t12-,14-/m0/s1. The van der Waals surface area contributed by atoms with E-state index in [0.717, 1.165) is 23.7 Å².